The van der Waals surface area contributed by atoms with Gasteiger partial charge >= 0.3 is 0 Å². The molecule has 0 fully saturated rings. The Labute approximate surface area is 204 Å². The molecule has 0 aliphatic carbocycles. The van der Waals surface area contributed by atoms with Gasteiger partial charge in [0.1, 0.15) is 11.5 Å². The van der Waals surface area contributed by atoms with Gasteiger partial charge in [0.25, 0.3) is 0 Å². The summed E-state index contributed by atoms with van der Waals surface area (Å²) in [6, 6.07) is 11.5. The van der Waals surface area contributed by atoms with Crippen LogP contribution in [-0.4, -0.2) is 58.8 Å². The number of ether oxygens (including phenoxy) is 2. The van der Waals surface area contributed by atoms with E-state index in [9.17, 15) is 5.11 Å². The van der Waals surface area contributed by atoms with Gasteiger partial charge in [-0.1, -0.05) is 0 Å². The Balaban J connectivity index is 0.00000324. The number of aliphatic hydroxyl groups is 1. The topological polar surface area (TPSA) is 112 Å². The van der Waals surface area contributed by atoms with Crippen molar-refractivity contribution in [3.63, 3.8) is 0 Å². The highest BCUT2D eigenvalue weighted by Gasteiger charge is 2.14. The second-order valence-corrected chi connectivity index (χ2v) is 7.51. The van der Waals surface area contributed by atoms with Crippen molar-refractivity contribution in [2.75, 3.05) is 38.8 Å². The molecule has 180 valence electrons. The van der Waals surface area contributed by atoms with Gasteiger partial charge in [0.15, 0.2) is 0 Å². The van der Waals surface area contributed by atoms with Crippen molar-refractivity contribution in [2.24, 2.45) is 5.73 Å². The van der Waals surface area contributed by atoms with E-state index in [-0.39, 0.29) is 19.0 Å². The molecule has 0 amide bonds. The summed E-state index contributed by atoms with van der Waals surface area (Å²) >= 11 is 0. The van der Waals surface area contributed by atoms with Gasteiger partial charge in [-0.3, -0.25) is 9.67 Å². The molecule has 0 saturated carbocycles. The van der Waals surface area contributed by atoms with Crippen LogP contribution in [0.15, 0.2) is 55.0 Å². The van der Waals surface area contributed by atoms with Crippen LogP contribution in [0.3, 0.4) is 0 Å². The number of methoxy groups -OCH3 is 2. The minimum Gasteiger partial charge on any atom is -0.497 e. The van der Waals surface area contributed by atoms with Crippen LogP contribution in [0.2, 0.25) is 0 Å². The van der Waals surface area contributed by atoms with Crippen molar-refractivity contribution in [3.8, 4) is 22.8 Å². The largest absolute Gasteiger partial charge is 0.497 e. The number of aliphatic hydroxyl groups excluding tert-OH is 1. The molecule has 2 aromatic heterocycles. The lowest BCUT2D eigenvalue weighted by molar-refractivity contribution is 0.305. The number of nitrogens with two attached hydrogens (primary N) is 1. The molecule has 4 aromatic rings. The highest BCUT2D eigenvalue weighted by molar-refractivity contribution is 5.85. The van der Waals surface area contributed by atoms with Crippen LogP contribution in [0.4, 0.5) is 11.4 Å². The van der Waals surface area contributed by atoms with Gasteiger partial charge in [-0.25, -0.2) is 4.98 Å². The van der Waals surface area contributed by atoms with Gasteiger partial charge in [0, 0.05) is 54.4 Å². The van der Waals surface area contributed by atoms with Gasteiger partial charge in [-0.05, 0) is 31.2 Å². The zero-order valence-corrected chi connectivity index (χ0v) is 20.0. The lowest BCUT2D eigenvalue weighted by atomic mass is 10.2. The number of halogens is 1. The minimum atomic E-state index is -0.0226. The molecule has 2 heterocycles. The smallest absolute Gasteiger partial charge is 0.124 e. The molecule has 0 aliphatic rings. The molecule has 4 rings (SSSR count). The fourth-order valence-corrected chi connectivity index (χ4v) is 3.63. The molecular weight excluding hydrogens is 456 g/mol. The molecule has 9 nitrogen and oxygen atoms in total. The molecule has 34 heavy (non-hydrogen) atoms. The van der Waals surface area contributed by atoms with E-state index in [1.807, 2.05) is 52.2 Å². The Morgan fingerprint density at radius 2 is 1.76 bits per heavy atom. The first-order valence-corrected chi connectivity index (χ1v) is 10.8. The zero-order valence-electron chi connectivity index (χ0n) is 19.2. The predicted molar refractivity (Wildman–Crippen MR) is 135 cm³/mol. The Bertz CT molecular complexity index is 1210. The van der Waals surface area contributed by atoms with Crippen molar-refractivity contribution in [1.82, 2.24) is 19.7 Å². The summed E-state index contributed by atoms with van der Waals surface area (Å²) in [7, 11) is 3.22. The van der Waals surface area contributed by atoms with E-state index in [1.165, 1.54) is 0 Å². The van der Waals surface area contributed by atoms with Crippen LogP contribution in [0.5, 0.6) is 11.5 Å². The lowest BCUT2D eigenvalue weighted by Crippen LogP contribution is -2.21. The summed E-state index contributed by atoms with van der Waals surface area (Å²) in [5, 5.41) is 14.1. The second-order valence-electron chi connectivity index (χ2n) is 7.51. The first-order chi connectivity index (χ1) is 16.1. The first-order valence-electron chi connectivity index (χ1n) is 10.8. The molecule has 0 spiro atoms. The van der Waals surface area contributed by atoms with Gasteiger partial charge < -0.3 is 25.2 Å². The molecular formula is C24H29ClN6O3. The monoisotopic (exact) mass is 484 g/mol. The SMILES string of the molecule is COc1cc(OC)cc(N(CCO)c2ccc3ncc(-c4cnn(CCCN)c4)nc3c2)c1.Cl. The molecule has 3 N–H and O–H groups in total. The summed E-state index contributed by atoms with van der Waals surface area (Å²) in [4.78, 5) is 11.4. The highest BCUT2D eigenvalue weighted by atomic mass is 35.5. The normalized spacial score (nSPS) is 10.7. The number of nitrogens with zero attached hydrogens (tertiary/aromatic N) is 5. The Morgan fingerprint density at radius 3 is 2.44 bits per heavy atom. The van der Waals surface area contributed by atoms with Gasteiger partial charge in [0.05, 0.1) is 49.9 Å². The van der Waals surface area contributed by atoms with E-state index in [0.29, 0.717) is 24.6 Å². The maximum absolute atomic E-state index is 9.73. The van der Waals surface area contributed by atoms with Crippen LogP contribution < -0.4 is 20.1 Å². The van der Waals surface area contributed by atoms with E-state index < -0.39 is 0 Å². The molecule has 0 bridgehead atoms. The van der Waals surface area contributed by atoms with E-state index >= 15 is 0 Å². The fourth-order valence-electron chi connectivity index (χ4n) is 3.63. The molecule has 0 radical (unpaired) electrons. The number of aromatic nitrogens is 4. The van der Waals surface area contributed by atoms with Crippen molar-refractivity contribution < 1.29 is 14.6 Å². The molecule has 0 atom stereocenters. The standard InChI is InChI=1S/C24H28N6O3.ClH/c1-32-20-10-19(11-21(13-20)33-2)30(8-9-31)18-4-5-22-23(12-18)28-24(15-26-22)17-14-27-29(16-17)7-3-6-25;/h4-5,10-16,31H,3,6-9,25H2,1-2H3;1H. The Kier molecular flexibility index (Phi) is 8.64. The van der Waals surface area contributed by atoms with Crippen LogP contribution in [-0.2, 0) is 6.54 Å². The van der Waals surface area contributed by atoms with E-state index in [2.05, 4.69) is 10.1 Å². The van der Waals surface area contributed by atoms with E-state index in [1.54, 1.807) is 26.6 Å². The number of hydrogen-bond donors (Lipinski definition) is 2. The number of rotatable bonds is 10. The maximum Gasteiger partial charge on any atom is 0.124 e. The van der Waals surface area contributed by atoms with Gasteiger partial charge in [-0.2, -0.15) is 5.10 Å². The van der Waals surface area contributed by atoms with Crippen LogP contribution in [0.25, 0.3) is 22.3 Å². The van der Waals surface area contributed by atoms with Crippen LogP contribution in [0, 0.1) is 0 Å². The van der Waals surface area contributed by atoms with E-state index in [0.717, 1.165) is 46.6 Å². The molecule has 0 aliphatic heterocycles. The number of hydrogen-bond acceptors (Lipinski definition) is 8. The minimum absolute atomic E-state index is 0. The second kappa shape index (κ2) is 11.6. The molecule has 10 heteroatoms. The number of anilines is 2. The third kappa shape index (κ3) is 5.56. The van der Waals surface area contributed by atoms with Crippen LogP contribution in [0.1, 0.15) is 6.42 Å². The third-order valence-corrected chi connectivity index (χ3v) is 5.33. The summed E-state index contributed by atoms with van der Waals surface area (Å²) in [5.74, 6) is 1.34. The quantitative estimate of drug-likeness (QED) is 0.352. The third-order valence-electron chi connectivity index (χ3n) is 5.33. The summed E-state index contributed by atoms with van der Waals surface area (Å²) < 4.78 is 12.7. The summed E-state index contributed by atoms with van der Waals surface area (Å²) in [5.41, 5.74) is 10.5. The zero-order chi connectivity index (χ0) is 23.2. The summed E-state index contributed by atoms with van der Waals surface area (Å²) in [6.07, 6.45) is 6.36. The highest BCUT2D eigenvalue weighted by Crippen LogP contribution is 2.34. The fraction of sp³-hybridized carbons (Fsp3) is 0.292. The van der Waals surface area contributed by atoms with Gasteiger partial charge in [-0.15, -0.1) is 12.4 Å². The van der Waals surface area contributed by atoms with Gasteiger partial charge in [0.2, 0.25) is 0 Å². The average Bonchev–Trinajstić information content (AvgIpc) is 3.34. The average molecular weight is 485 g/mol. The first kappa shape index (κ1) is 25.2. The number of fused-ring (bicyclic) bond motifs is 1. The Hall–Kier alpha value is -3.40. The molecule has 0 saturated heterocycles. The molecule has 2 aromatic carbocycles. The predicted octanol–water partition coefficient (Wildman–Crippen LogP) is 3.41. The van der Waals surface area contributed by atoms with E-state index in [4.69, 9.17) is 20.2 Å². The number of benzene rings is 2. The van der Waals surface area contributed by atoms with Crippen molar-refractivity contribution in [2.45, 2.75) is 13.0 Å². The summed E-state index contributed by atoms with van der Waals surface area (Å²) in [6.45, 7) is 1.76. The molecule has 0 unspecified atom stereocenters. The van der Waals surface area contributed by atoms with Crippen molar-refractivity contribution in [3.05, 3.63) is 55.0 Å². The Morgan fingerprint density at radius 1 is 1.00 bits per heavy atom. The number of aryl methyl sites for hydroxylation is 1. The maximum atomic E-state index is 9.73. The van der Waals surface area contributed by atoms with Crippen molar-refractivity contribution >= 4 is 34.8 Å². The van der Waals surface area contributed by atoms with Crippen molar-refractivity contribution in [1.29, 1.82) is 0 Å². The van der Waals surface area contributed by atoms with Crippen LogP contribution >= 0.6 is 12.4 Å². The lowest BCUT2D eigenvalue weighted by Gasteiger charge is -2.25.